The molecular weight excluding hydrogens is 272 g/mol. The summed E-state index contributed by atoms with van der Waals surface area (Å²) in [5, 5.41) is 2.99. The molecule has 20 heavy (non-hydrogen) atoms. The number of hydrogen-bond donors (Lipinski definition) is 2. The normalized spacial score (nSPS) is 23.5. The highest BCUT2D eigenvalue weighted by Gasteiger charge is 2.28. The average Bonchev–Trinajstić information content (AvgIpc) is 2.47. The Morgan fingerprint density at radius 3 is 2.40 bits per heavy atom. The first-order valence-electron chi connectivity index (χ1n) is 7.37. The van der Waals surface area contributed by atoms with Crippen molar-refractivity contribution in [2.75, 3.05) is 12.4 Å². The van der Waals surface area contributed by atoms with E-state index in [1.807, 2.05) is 7.05 Å². The minimum atomic E-state index is -3.41. The summed E-state index contributed by atoms with van der Waals surface area (Å²) >= 11 is 0. The van der Waals surface area contributed by atoms with E-state index in [1.165, 1.54) is 6.42 Å². The standard InChI is InChI=1S/C15H24N2O2S/c1-3-12-6-4-5-7-15(12)17-20(18,19)14-10-8-13(16-2)9-11-14/h8-12,15-17H,3-7H2,1-2H3. The molecule has 1 aromatic carbocycles. The second kappa shape index (κ2) is 6.59. The molecular formula is C15H24N2O2S. The zero-order chi connectivity index (χ0) is 14.6. The summed E-state index contributed by atoms with van der Waals surface area (Å²) in [5.74, 6) is 0.468. The molecule has 0 spiro atoms. The van der Waals surface area contributed by atoms with E-state index >= 15 is 0 Å². The third kappa shape index (κ3) is 3.52. The minimum Gasteiger partial charge on any atom is -0.388 e. The van der Waals surface area contributed by atoms with Crippen molar-refractivity contribution in [2.45, 2.75) is 50.0 Å². The van der Waals surface area contributed by atoms with Gasteiger partial charge in [0.25, 0.3) is 0 Å². The third-order valence-electron chi connectivity index (χ3n) is 4.19. The quantitative estimate of drug-likeness (QED) is 0.878. The van der Waals surface area contributed by atoms with Crippen molar-refractivity contribution >= 4 is 15.7 Å². The number of nitrogens with one attached hydrogen (secondary N) is 2. The van der Waals surface area contributed by atoms with Gasteiger partial charge in [-0.25, -0.2) is 13.1 Å². The van der Waals surface area contributed by atoms with Gasteiger partial charge in [-0.1, -0.05) is 26.2 Å². The van der Waals surface area contributed by atoms with Crippen molar-refractivity contribution in [3.05, 3.63) is 24.3 Å². The zero-order valence-electron chi connectivity index (χ0n) is 12.2. The molecule has 1 fully saturated rings. The first kappa shape index (κ1) is 15.3. The number of anilines is 1. The highest BCUT2D eigenvalue weighted by molar-refractivity contribution is 7.89. The van der Waals surface area contributed by atoms with Gasteiger partial charge >= 0.3 is 0 Å². The van der Waals surface area contributed by atoms with Gasteiger partial charge in [-0.05, 0) is 43.0 Å². The van der Waals surface area contributed by atoms with Crippen LogP contribution >= 0.6 is 0 Å². The summed E-state index contributed by atoms with van der Waals surface area (Å²) in [6.07, 6.45) is 5.44. The lowest BCUT2D eigenvalue weighted by molar-refractivity contribution is 0.282. The maximum atomic E-state index is 12.4. The van der Waals surface area contributed by atoms with E-state index in [0.717, 1.165) is 31.4 Å². The van der Waals surface area contributed by atoms with Gasteiger partial charge in [0.05, 0.1) is 4.90 Å². The van der Waals surface area contributed by atoms with Crippen LogP contribution in [0.2, 0.25) is 0 Å². The van der Waals surface area contributed by atoms with E-state index in [9.17, 15) is 8.42 Å². The number of hydrogen-bond acceptors (Lipinski definition) is 3. The van der Waals surface area contributed by atoms with E-state index < -0.39 is 10.0 Å². The molecule has 112 valence electrons. The highest BCUT2D eigenvalue weighted by Crippen LogP contribution is 2.28. The molecule has 2 atom stereocenters. The molecule has 1 saturated carbocycles. The number of rotatable bonds is 5. The first-order chi connectivity index (χ1) is 9.56. The van der Waals surface area contributed by atoms with Gasteiger partial charge in [-0.3, -0.25) is 0 Å². The Hall–Kier alpha value is -1.07. The summed E-state index contributed by atoms with van der Waals surface area (Å²) in [6, 6.07) is 6.96. The summed E-state index contributed by atoms with van der Waals surface area (Å²) in [7, 11) is -1.59. The maximum absolute atomic E-state index is 12.4. The van der Waals surface area contributed by atoms with Crippen LogP contribution in [0.25, 0.3) is 0 Å². The topological polar surface area (TPSA) is 58.2 Å². The smallest absolute Gasteiger partial charge is 0.240 e. The molecule has 2 rings (SSSR count). The average molecular weight is 296 g/mol. The van der Waals surface area contributed by atoms with Gasteiger partial charge in [-0.15, -0.1) is 0 Å². The van der Waals surface area contributed by atoms with E-state index in [4.69, 9.17) is 0 Å². The molecule has 4 nitrogen and oxygen atoms in total. The maximum Gasteiger partial charge on any atom is 0.240 e. The number of benzene rings is 1. The van der Waals surface area contributed by atoms with Gasteiger partial charge < -0.3 is 5.32 Å². The van der Waals surface area contributed by atoms with Crippen LogP contribution in [0.5, 0.6) is 0 Å². The summed E-state index contributed by atoms with van der Waals surface area (Å²) in [5.41, 5.74) is 0.910. The van der Waals surface area contributed by atoms with Gasteiger partial charge in [0.15, 0.2) is 0 Å². The Bertz CT molecular complexity index is 525. The molecule has 0 saturated heterocycles. The zero-order valence-corrected chi connectivity index (χ0v) is 13.0. The summed E-state index contributed by atoms with van der Waals surface area (Å²) < 4.78 is 27.8. The van der Waals surface area contributed by atoms with Crippen LogP contribution in [-0.4, -0.2) is 21.5 Å². The van der Waals surface area contributed by atoms with Crippen LogP contribution in [0.4, 0.5) is 5.69 Å². The van der Waals surface area contributed by atoms with Gasteiger partial charge in [0, 0.05) is 18.8 Å². The molecule has 0 bridgehead atoms. The van der Waals surface area contributed by atoms with Crippen molar-refractivity contribution < 1.29 is 8.42 Å². The molecule has 0 aliphatic heterocycles. The van der Waals surface area contributed by atoms with Crippen LogP contribution in [0.1, 0.15) is 39.0 Å². The summed E-state index contributed by atoms with van der Waals surface area (Å²) in [6.45, 7) is 2.14. The van der Waals surface area contributed by atoms with Crippen LogP contribution < -0.4 is 10.0 Å². The van der Waals surface area contributed by atoms with Crippen LogP contribution in [-0.2, 0) is 10.0 Å². The van der Waals surface area contributed by atoms with Crippen molar-refractivity contribution in [3.63, 3.8) is 0 Å². The monoisotopic (exact) mass is 296 g/mol. The van der Waals surface area contributed by atoms with E-state index in [1.54, 1.807) is 24.3 Å². The fourth-order valence-electron chi connectivity index (χ4n) is 2.92. The predicted octanol–water partition coefficient (Wildman–Crippen LogP) is 2.98. The van der Waals surface area contributed by atoms with Crippen molar-refractivity contribution in [2.24, 2.45) is 5.92 Å². The van der Waals surface area contributed by atoms with E-state index in [2.05, 4.69) is 17.0 Å². The molecule has 0 aromatic heterocycles. The second-order valence-electron chi connectivity index (χ2n) is 5.45. The van der Waals surface area contributed by atoms with Gasteiger partial charge in [-0.2, -0.15) is 0 Å². The molecule has 2 N–H and O–H groups in total. The number of sulfonamides is 1. The Balaban J connectivity index is 2.12. The van der Waals surface area contributed by atoms with Crippen LogP contribution in [0.15, 0.2) is 29.2 Å². The molecule has 0 amide bonds. The predicted molar refractivity (Wildman–Crippen MR) is 82.3 cm³/mol. The highest BCUT2D eigenvalue weighted by atomic mass is 32.2. The van der Waals surface area contributed by atoms with Crippen molar-refractivity contribution in [1.29, 1.82) is 0 Å². The largest absolute Gasteiger partial charge is 0.388 e. The lowest BCUT2D eigenvalue weighted by atomic mass is 9.83. The lowest BCUT2D eigenvalue weighted by Crippen LogP contribution is -2.41. The molecule has 0 radical (unpaired) electrons. The summed E-state index contributed by atoms with van der Waals surface area (Å²) in [4.78, 5) is 0.344. The van der Waals surface area contributed by atoms with Crippen molar-refractivity contribution in [1.82, 2.24) is 4.72 Å². The molecule has 2 unspecified atom stereocenters. The minimum absolute atomic E-state index is 0.0859. The molecule has 1 aromatic rings. The van der Waals surface area contributed by atoms with Gasteiger partial charge in [0.1, 0.15) is 0 Å². The Morgan fingerprint density at radius 2 is 1.80 bits per heavy atom. The Kier molecular flexibility index (Phi) is 5.05. The molecule has 5 heteroatoms. The molecule has 1 aliphatic rings. The lowest BCUT2D eigenvalue weighted by Gasteiger charge is -2.31. The fraction of sp³-hybridized carbons (Fsp3) is 0.600. The second-order valence-corrected chi connectivity index (χ2v) is 7.17. The molecule has 1 aliphatic carbocycles. The van der Waals surface area contributed by atoms with Crippen molar-refractivity contribution in [3.8, 4) is 0 Å². The van der Waals surface area contributed by atoms with E-state index in [-0.39, 0.29) is 6.04 Å². The third-order valence-corrected chi connectivity index (χ3v) is 5.70. The van der Waals surface area contributed by atoms with Gasteiger partial charge in [0.2, 0.25) is 10.0 Å². The Morgan fingerprint density at radius 1 is 1.15 bits per heavy atom. The van der Waals surface area contributed by atoms with E-state index in [0.29, 0.717) is 10.8 Å². The first-order valence-corrected chi connectivity index (χ1v) is 8.85. The van der Waals surface area contributed by atoms with Crippen LogP contribution in [0.3, 0.4) is 0 Å². The SMILES string of the molecule is CCC1CCCCC1NS(=O)(=O)c1ccc(NC)cc1. The Labute approximate surface area is 122 Å². The molecule has 0 heterocycles. The van der Waals surface area contributed by atoms with Crippen LogP contribution in [0, 0.1) is 5.92 Å². The fourth-order valence-corrected chi connectivity index (χ4v) is 4.26.